The molecular weight excluding hydrogens is 346 g/mol. The van der Waals surface area contributed by atoms with E-state index in [9.17, 15) is 18.7 Å². The van der Waals surface area contributed by atoms with Gasteiger partial charge in [0.1, 0.15) is 11.9 Å². The summed E-state index contributed by atoms with van der Waals surface area (Å²) < 4.78 is 28.1. The van der Waals surface area contributed by atoms with E-state index in [0.29, 0.717) is 22.3 Å². The highest BCUT2D eigenvalue weighted by atomic mass is 19.3. The Morgan fingerprint density at radius 3 is 2.81 bits per heavy atom. The fourth-order valence-corrected chi connectivity index (χ4v) is 3.22. The fourth-order valence-electron chi connectivity index (χ4n) is 3.22. The highest BCUT2D eigenvalue weighted by molar-refractivity contribution is 5.74. The molecule has 8 nitrogen and oxygen atoms in total. The van der Waals surface area contributed by atoms with Crippen LogP contribution in [-0.2, 0) is 0 Å². The van der Waals surface area contributed by atoms with Crippen molar-refractivity contribution in [3.8, 4) is 5.95 Å². The van der Waals surface area contributed by atoms with E-state index < -0.39 is 12.2 Å². The number of likely N-dealkylation sites (tertiary alicyclic amines) is 1. The van der Waals surface area contributed by atoms with Crippen molar-refractivity contribution in [2.45, 2.75) is 31.9 Å². The number of rotatable bonds is 3. The number of fused-ring (bicyclic) bond motifs is 1. The predicted molar refractivity (Wildman–Crippen MR) is 89.3 cm³/mol. The smallest absolute Gasteiger partial charge is 0.261 e. The minimum atomic E-state index is -2.68. The van der Waals surface area contributed by atoms with Crippen LogP contribution in [0.5, 0.6) is 0 Å². The fraction of sp³-hybridized carbons (Fsp3) is 0.438. The van der Waals surface area contributed by atoms with Crippen molar-refractivity contribution in [2.24, 2.45) is 0 Å². The molecule has 4 rings (SSSR count). The summed E-state index contributed by atoms with van der Waals surface area (Å²) in [4.78, 5) is 23.6. The first-order valence-electron chi connectivity index (χ1n) is 8.28. The number of H-pyrrole nitrogens is 2. The van der Waals surface area contributed by atoms with Crippen LogP contribution in [0.2, 0.25) is 0 Å². The minimum absolute atomic E-state index is 0.0995. The molecule has 3 N–H and O–H groups in total. The van der Waals surface area contributed by atoms with Crippen molar-refractivity contribution >= 4 is 11.0 Å². The molecule has 1 aliphatic heterocycles. The van der Waals surface area contributed by atoms with E-state index in [1.165, 1.54) is 10.9 Å². The highest BCUT2D eigenvalue weighted by Crippen LogP contribution is 2.32. The van der Waals surface area contributed by atoms with Crippen LogP contribution in [0.3, 0.4) is 0 Å². The molecule has 3 aromatic heterocycles. The van der Waals surface area contributed by atoms with Crippen LogP contribution in [0.15, 0.2) is 23.3 Å². The molecule has 26 heavy (non-hydrogen) atoms. The van der Waals surface area contributed by atoms with Crippen molar-refractivity contribution in [1.29, 1.82) is 0 Å². The van der Waals surface area contributed by atoms with E-state index >= 15 is 0 Å². The number of piperidine rings is 1. The van der Waals surface area contributed by atoms with Gasteiger partial charge in [0.05, 0.1) is 17.3 Å². The third kappa shape index (κ3) is 2.80. The van der Waals surface area contributed by atoms with Crippen LogP contribution in [-0.4, -0.2) is 53.8 Å². The molecule has 1 unspecified atom stereocenters. The topological polar surface area (TPSA) is 103 Å². The van der Waals surface area contributed by atoms with Gasteiger partial charge in [-0.05, 0) is 13.0 Å². The first-order chi connectivity index (χ1) is 12.4. The summed E-state index contributed by atoms with van der Waals surface area (Å²) in [6, 6.07) is 1.63. The monoisotopic (exact) mass is 364 g/mol. The third-order valence-electron chi connectivity index (χ3n) is 4.81. The maximum Gasteiger partial charge on any atom is 0.261 e. The normalized spacial score (nSPS) is 19.1. The van der Waals surface area contributed by atoms with E-state index in [0.717, 1.165) is 0 Å². The number of nitrogens with zero attached hydrogens (tertiary/aromatic N) is 4. The van der Waals surface area contributed by atoms with E-state index in [4.69, 9.17) is 0 Å². The van der Waals surface area contributed by atoms with Gasteiger partial charge in [-0.3, -0.25) is 14.7 Å². The first kappa shape index (κ1) is 16.9. The lowest BCUT2D eigenvalue weighted by atomic mass is 10.1. The number of hydrogen-bond donors (Lipinski definition) is 3. The summed E-state index contributed by atoms with van der Waals surface area (Å²) in [5, 5.41) is 15.2. The Morgan fingerprint density at radius 1 is 1.35 bits per heavy atom. The predicted octanol–water partition coefficient (Wildman–Crippen LogP) is 1.47. The summed E-state index contributed by atoms with van der Waals surface area (Å²) in [6.07, 6.45) is 1.48. The largest absolute Gasteiger partial charge is 0.374 e. The molecule has 0 spiro atoms. The van der Waals surface area contributed by atoms with Crippen LogP contribution in [0.4, 0.5) is 8.78 Å². The standard InChI is InChI=1S/C16H18F2N6O2/c1-9-11(14(26)23-6-3-16(17,18)4-7-23)8-20-24(9)15-21-12-10(2-5-19-12)13(25)22-15/h2,5,8,14,26H,3-4,6-7H2,1H3,(H2,19,21,22,25). The molecule has 0 aliphatic carbocycles. The van der Waals surface area contributed by atoms with E-state index in [2.05, 4.69) is 20.1 Å². The highest BCUT2D eigenvalue weighted by Gasteiger charge is 2.36. The van der Waals surface area contributed by atoms with Crippen molar-refractivity contribution in [3.05, 3.63) is 40.1 Å². The summed E-state index contributed by atoms with van der Waals surface area (Å²) in [5.41, 5.74) is 1.19. The zero-order chi connectivity index (χ0) is 18.5. The summed E-state index contributed by atoms with van der Waals surface area (Å²) in [5.74, 6) is -2.46. The summed E-state index contributed by atoms with van der Waals surface area (Å²) in [7, 11) is 0. The van der Waals surface area contributed by atoms with Gasteiger partial charge >= 0.3 is 0 Å². The average molecular weight is 364 g/mol. The Morgan fingerprint density at radius 2 is 2.08 bits per heavy atom. The number of aromatic amines is 2. The maximum atomic E-state index is 13.3. The zero-order valence-corrected chi connectivity index (χ0v) is 14.0. The first-order valence-corrected chi connectivity index (χ1v) is 8.28. The Labute approximate surface area is 146 Å². The molecule has 0 radical (unpaired) electrons. The summed E-state index contributed by atoms with van der Waals surface area (Å²) >= 11 is 0. The number of aromatic nitrogens is 5. The second kappa shape index (κ2) is 5.99. The van der Waals surface area contributed by atoms with Gasteiger partial charge in [0.25, 0.3) is 11.5 Å². The van der Waals surface area contributed by atoms with Gasteiger partial charge in [-0.25, -0.2) is 13.5 Å². The molecule has 0 bridgehead atoms. The van der Waals surface area contributed by atoms with Gasteiger partial charge in [-0.2, -0.15) is 10.1 Å². The molecule has 138 valence electrons. The Bertz CT molecular complexity index is 998. The molecule has 0 amide bonds. The molecule has 10 heteroatoms. The Hall–Kier alpha value is -2.59. The quantitative estimate of drug-likeness (QED) is 0.653. The van der Waals surface area contributed by atoms with Crippen molar-refractivity contribution in [2.75, 3.05) is 13.1 Å². The van der Waals surface area contributed by atoms with E-state index in [-0.39, 0.29) is 37.4 Å². The third-order valence-corrected chi connectivity index (χ3v) is 4.81. The average Bonchev–Trinajstić information content (AvgIpc) is 3.21. The lowest BCUT2D eigenvalue weighted by Gasteiger charge is -2.34. The number of aliphatic hydroxyl groups excluding tert-OH is 1. The number of aliphatic hydroxyl groups is 1. The van der Waals surface area contributed by atoms with Crippen LogP contribution in [0.25, 0.3) is 17.0 Å². The molecule has 4 heterocycles. The van der Waals surface area contributed by atoms with Crippen molar-refractivity contribution in [1.82, 2.24) is 29.6 Å². The number of hydrogen-bond acceptors (Lipinski definition) is 5. The van der Waals surface area contributed by atoms with Gasteiger partial charge in [0, 0.05) is 37.7 Å². The van der Waals surface area contributed by atoms with Crippen LogP contribution in [0, 0.1) is 6.92 Å². The van der Waals surface area contributed by atoms with Crippen molar-refractivity contribution in [3.63, 3.8) is 0 Å². The molecule has 0 aromatic carbocycles. The number of alkyl halides is 2. The molecular formula is C16H18F2N6O2. The van der Waals surface area contributed by atoms with Gasteiger partial charge in [-0.15, -0.1) is 0 Å². The lowest BCUT2D eigenvalue weighted by Crippen LogP contribution is -2.41. The number of nitrogens with one attached hydrogen (secondary N) is 2. The van der Waals surface area contributed by atoms with Gasteiger partial charge < -0.3 is 10.1 Å². The Balaban J connectivity index is 1.64. The van der Waals surface area contributed by atoms with Crippen LogP contribution in [0.1, 0.15) is 30.3 Å². The van der Waals surface area contributed by atoms with Crippen molar-refractivity contribution < 1.29 is 13.9 Å². The SMILES string of the molecule is Cc1c(C(O)N2CCC(F)(F)CC2)cnn1-c1nc2[nH]ccc2c(=O)[nH]1. The van der Waals surface area contributed by atoms with Gasteiger partial charge in [0.15, 0.2) is 0 Å². The molecule has 1 atom stereocenters. The minimum Gasteiger partial charge on any atom is -0.374 e. The van der Waals surface area contributed by atoms with Crippen LogP contribution < -0.4 is 5.56 Å². The van der Waals surface area contributed by atoms with Gasteiger partial charge in [-0.1, -0.05) is 0 Å². The second-order valence-electron chi connectivity index (χ2n) is 6.49. The Kier molecular flexibility index (Phi) is 3.88. The van der Waals surface area contributed by atoms with E-state index in [1.807, 2.05) is 0 Å². The zero-order valence-electron chi connectivity index (χ0n) is 14.0. The number of halogens is 2. The lowest BCUT2D eigenvalue weighted by molar-refractivity contribution is -0.0962. The molecule has 3 aromatic rings. The molecule has 0 saturated carbocycles. The van der Waals surface area contributed by atoms with E-state index in [1.54, 1.807) is 24.1 Å². The van der Waals surface area contributed by atoms with Gasteiger partial charge in [0.2, 0.25) is 5.95 Å². The molecule has 1 saturated heterocycles. The van der Waals surface area contributed by atoms with Crippen LogP contribution >= 0.6 is 0 Å². The summed E-state index contributed by atoms with van der Waals surface area (Å²) in [6.45, 7) is 1.92. The second-order valence-corrected chi connectivity index (χ2v) is 6.49. The molecule has 1 fully saturated rings. The maximum absolute atomic E-state index is 13.3. The molecule has 1 aliphatic rings.